The number of carbonyl (C=O) groups is 3. The first-order valence-corrected chi connectivity index (χ1v) is 9.85. The number of methoxy groups -OCH3 is 1. The van der Waals surface area contributed by atoms with Gasteiger partial charge in [0.05, 0.1) is 25.0 Å². The van der Waals surface area contributed by atoms with Gasteiger partial charge in [-0.15, -0.1) is 0 Å². The summed E-state index contributed by atoms with van der Waals surface area (Å²) >= 11 is 3.46. The lowest BCUT2D eigenvalue weighted by Gasteiger charge is -2.30. The van der Waals surface area contributed by atoms with Crippen molar-refractivity contribution in [3.63, 3.8) is 0 Å². The zero-order valence-corrected chi connectivity index (χ0v) is 17.0. The molecule has 3 aliphatic heterocycles. The summed E-state index contributed by atoms with van der Waals surface area (Å²) in [6.07, 6.45) is 0. The fourth-order valence-electron chi connectivity index (χ4n) is 4.74. The van der Waals surface area contributed by atoms with Crippen molar-refractivity contribution < 1.29 is 19.1 Å². The molecule has 0 aliphatic carbocycles. The number of nitrogens with one attached hydrogen (secondary N) is 2. The van der Waals surface area contributed by atoms with Crippen molar-refractivity contribution in [2.45, 2.75) is 25.4 Å². The van der Waals surface area contributed by atoms with Crippen LogP contribution in [0.3, 0.4) is 0 Å². The Labute approximate surface area is 165 Å². The number of carbonyl (C=O) groups excluding carboxylic acids is 3. The van der Waals surface area contributed by atoms with Crippen molar-refractivity contribution in [3.05, 3.63) is 28.2 Å². The number of amides is 3. The largest absolute Gasteiger partial charge is 0.383 e. The molecule has 0 bridgehead atoms. The third kappa shape index (κ3) is 2.43. The van der Waals surface area contributed by atoms with Gasteiger partial charge in [-0.05, 0) is 24.1 Å². The second kappa shape index (κ2) is 6.39. The van der Waals surface area contributed by atoms with E-state index in [1.807, 2.05) is 32.0 Å². The lowest BCUT2D eigenvalue weighted by atomic mass is 9.76. The normalized spacial score (nSPS) is 31.8. The third-order valence-electron chi connectivity index (χ3n) is 5.94. The van der Waals surface area contributed by atoms with E-state index in [1.165, 1.54) is 12.0 Å². The maximum absolute atomic E-state index is 13.3. The highest BCUT2D eigenvalue weighted by atomic mass is 79.9. The first kappa shape index (κ1) is 18.6. The van der Waals surface area contributed by atoms with Crippen LogP contribution < -0.4 is 10.6 Å². The SMILES string of the molecule is COCCN1C(=O)[C@H]2C(C(C)C)NC3(C(=O)Nc4ccc(Br)cc43)[C@H]2C1=O. The summed E-state index contributed by atoms with van der Waals surface area (Å²) in [4.78, 5) is 40.8. The van der Waals surface area contributed by atoms with Crippen molar-refractivity contribution in [2.75, 3.05) is 25.6 Å². The summed E-state index contributed by atoms with van der Waals surface area (Å²) in [5.41, 5.74) is 0.164. The van der Waals surface area contributed by atoms with Crippen molar-refractivity contribution in [3.8, 4) is 0 Å². The predicted octanol–water partition coefficient (Wildman–Crippen LogP) is 1.47. The Bertz CT molecular complexity index is 842. The summed E-state index contributed by atoms with van der Waals surface area (Å²) in [6.45, 7) is 4.48. The maximum atomic E-state index is 13.3. The van der Waals surface area contributed by atoms with Gasteiger partial charge in [0.15, 0.2) is 0 Å². The molecule has 0 radical (unpaired) electrons. The molecular formula is C19H22BrN3O4. The van der Waals surface area contributed by atoms with Crippen LogP contribution in [0, 0.1) is 17.8 Å². The monoisotopic (exact) mass is 435 g/mol. The van der Waals surface area contributed by atoms with Gasteiger partial charge in [0, 0.05) is 28.9 Å². The number of anilines is 1. The zero-order chi connectivity index (χ0) is 19.5. The summed E-state index contributed by atoms with van der Waals surface area (Å²) < 4.78 is 5.88. The standard InChI is InChI=1S/C19H22BrN3O4/c1-9(2)15-13-14(17(25)23(16(13)24)6-7-27-3)19(22-15)11-8-10(20)4-5-12(11)21-18(19)26/h4-5,8-9,13-15,22H,6-7H2,1-3H3,(H,21,26)/t13-,14-,15?,19?/m1/s1. The molecule has 3 amide bonds. The van der Waals surface area contributed by atoms with Crippen LogP contribution in [0.1, 0.15) is 19.4 Å². The lowest BCUT2D eigenvalue weighted by Crippen LogP contribution is -2.54. The number of ether oxygens (including phenoxy) is 1. The number of benzene rings is 1. The molecule has 3 aliphatic rings. The van der Waals surface area contributed by atoms with E-state index in [-0.39, 0.29) is 42.8 Å². The van der Waals surface area contributed by atoms with Gasteiger partial charge in [-0.25, -0.2) is 0 Å². The van der Waals surface area contributed by atoms with Crippen LogP contribution in [0.5, 0.6) is 0 Å². The van der Waals surface area contributed by atoms with Crippen molar-refractivity contribution in [2.24, 2.45) is 17.8 Å². The number of hydrogen-bond acceptors (Lipinski definition) is 5. The van der Waals surface area contributed by atoms with E-state index in [9.17, 15) is 14.4 Å². The van der Waals surface area contributed by atoms with Gasteiger partial charge < -0.3 is 10.1 Å². The van der Waals surface area contributed by atoms with Crippen LogP contribution >= 0.6 is 15.9 Å². The smallest absolute Gasteiger partial charge is 0.250 e. The quantitative estimate of drug-likeness (QED) is 0.699. The fraction of sp³-hybridized carbons (Fsp3) is 0.526. The molecule has 2 unspecified atom stereocenters. The highest BCUT2D eigenvalue weighted by Gasteiger charge is 2.70. The summed E-state index contributed by atoms with van der Waals surface area (Å²) in [7, 11) is 1.53. The second-order valence-electron chi connectivity index (χ2n) is 7.69. The Balaban J connectivity index is 1.86. The molecule has 2 N–H and O–H groups in total. The number of likely N-dealkylation sites (tertiary alicyclic amines) is 1. The first-order chi connectivity index (χ1) is 12.8. The molecule has 0 aromatic heterocycles. The lowest BCUT2D eigenvalue weighted by molar-refractivity contribution is -0.143. The van der Waals surface area contributed by atoms with Gasteiger partial charge in [-0.3, -0.25) is 24.6 Å². The molecule has 1 aromatic rings. The summed E-state index contributed by atoms with van der Waals surface area (Å²) in [5.74, 6) is -2.04. The number of hydrogen-bond donors (Lipinski definition) is 2. The number of halogens is 1. The third-order valence-corrected chi connectivity index (χ3v) is 6.43. The minimum Gasteiger partial charge on any atom is -0.383 e. The van der Waals surface area contributed by atoms with Crippen molar-refractivity contribution in [1.29, 1.82) is 0 Å². The van der Waals surface area contributed by atoms with E-state index in [2.05, 4.69) is 26.6 Å². The average Bonchev–Trinajstić information content (AvgIpc) is 3.20. The van der Waals surface area contributed by atoms with Crippen LogP contribution in [0.15, 0.2) is 22.7 Å². The van der Waals surface area contributed by atoms with Gasteiger partial charge >= 0.3 is 0 Å². The van der Waals surface area contributed by atoms with Gasteiger partial charge in [0.2, 0.25) is 17.7 Å². The summed E-state index contributed by atoms with van der Waals surface area (Å²) in [6, 6.07) is 5.25. The van der Waals surface area contributed by atoms with E-state index in [0.29, 0.717) is 5.69 Å². The van der Waals surface area contributed by atoms with E-state index >= 15 is 0 Å². The van der Waals surface area contributed by atoms with Crippen LogP contribution in [-0.4, -0.2) is 48.9 Å². The Morgan fingerprint density at radius 2 is 2.00 bits per heavy atom. The number of fused-ring (bicyclic) bond motifs is 4. The number of imide groups is 1. The number of nitrogens with zero attached hydrogens (tertiary/aromatic N) is 1. The van der Waals surface area contributed by atoms with E-state index in [0.717, 1.165) is 10.0 Å². The van der Waals surface area contributed by atoms with Crippen LogP contribution in [0.25, 0.3) is 0 Å². The van der Waals surface area contributed by atoms with Crippen molar-refractivity contribution >= 4 is 39.3 Å². The molecule has 4 atom stereocenters. The molecule has 8 heteroatoms. The predicted molar refractivity (Wildman–Crippen MR) is 102 cm³/mol. The molecule has 7 nitrogen and oxygen atoms in total. The molecular weight excluding hydrogens is 414 g/mol. The van der Waals surface area contributed by atoms with Crippen molar-refractivity contribution in [1.82, 2.24) is 10.2 Å². The first-order valence-electron chi connectivity index (χ1n) is 9.06. The molecule has 3 heterocycles. The van der Waals surface area contributed by atoms with Gasteiger partial charge in [0.1, 0.15) is 5.54 Å². The molecule has 27 heavy (non-hydrogen) atoms. The molecule has 0 saturated carbocycles. The van der Waals surface area contributed by atoms with Gasteiger partial charge in [0.25, 0.3) is 0 Å². The minimum absolute atomic E-state index is 0.0833. The van der Waals surface area contributed by atoms with E-state index < -0.39 is 17.4 Å². The Kier molecular flexibility index (Phi) is 4.40. The highest BCUT2D eigenvalue weighted by Crippen LogP contribution is 2.54. The fourth-order valence-corrected chi connectivity index (χ4v) is 5.10. The Morgan fingerprint density at radius 1 is 1.26 bits per heavy atom. The van der Waals surface area contributed by atoms with Crippen LogP contribution in [0.2, 0.25) is 0 Å². The number of rotatable bonds is 4. The molecule has 2 fully saturated rings. The minimum atomic E-state index is -1.23. The second-order valence-corrected chi connectivity index (χ2v) is 8.61. The highest BCUT2D eigenvalue weighted by molar-refractivity contribution is 9.10. The molecule has 4 rings (SSSR count). The van der Waals surface area contributed by atoms with Gasteiger partial charge in [-0.2, -0.15) is 0 Å². The molecule has 1 aromatic carbocycles. The average molecular weight is 436 g/mol. The maximum Gasteiger partial charge on any atom is 0.250 e. The Hall–Kier alpha value is -1.77. The summed E-state index contributed by atoms with van der Waals surface area (Å²) in [5, 5.41) is 6.30. The topological polar surface area (TPSA) is 87.7 Å². The van der Waals surface area contributed by atoms with Crippen LogP contribution in [0.4, 0.5) is 5.69 Å². The zero-order valence-electron chi connectivity index (χ0n) is 15.4. The molecule has 2 saturated heterocycles. The van der Waals surface area contributed by atoms with Gasteiger partial charge in [-0.1, -0.05) is 29.8 Å². The Morgan fingerprint density at radius 3 is 2.67 bits per heavy atom. The van der Waals surface area contributed by atoms with Crippen LogP contribution in [-0.2, 0) is 24.7 Å². The van der Waals surface area contributed by atoms with E-state index in [4.69, 9.17) is 4.74 Å². The molecule has 144 valence electrons. The molecule has 1 spiro atoms. The van der Waals surface area contributed by atoms with E-state index in [1.54, 1.807) is 0 Å².